The SMILES string of the molecule is CCC(Cc1cccc(N=C(N)N)c1)C(=O)Oc1ccc(OC)cc1. The Morgan fingerprint density at radius 2 is 1.80 bits per heavy atom. The van der Waals surface area contributed by atoms with E-state index < -0.39 is 0 Å². The topological polar surface area (TPSA) is 99.9 Å². The third kappa shape index (κ3) is 5.53. The molecular formula is C19H23N3O3. The van der Waals surface area contributed by atoms with Crippen molar-refractivity contribution in [1.82, 2.24) is 0 Å². The lowest BCUT2D eigenvalue weighted by Gasteiger charge is -2.14. The average molecular weight is 341 g/mol. The van der Waals surface area contributed by atoms with Crippen molar-refractivity contribution in [1.29, 1.82) is 0 Å². The molecule has 1 unspecified atom stereocenters. The standard InChI is InChI=1S/C19H23N3O3/c1-3-14(11-13-5-4-6-15(12-13)22-19(20)21)18(23)25-17-9-7-16(24-2)8-10-17/h4-10,12,14H,3,11H2,1-2H3,(H4,20,21,22). The van der Waals surface area contributed by atoms with Gasteiger partial charge in [0.05, 0.1) is 18.7 Å². The van der Waals surface area contributed by atoms with Gasteiger partial charge in [0.1, 0.15) is 11.5 Å². The van der Waals surface area contributed by atoms with Gasteiger partial charge in [-0.05, 0) is 54.8 Å². The fourth-order valence-corrected chi connectivity index (χ4v) is 2.42. The first-order valence-corrected chi connectivity index (χ1v) is 8.06. The molecule has 2 aromatic carbocycles. The Kier molecular flexibility index (Phi) is 6.39. The minimum absolute atomic E-state index is 0.00288. The largest absolute Gasteiger partial charge is 0.497 e. The van der Waals surface area contributed by atoms with Crippen LogP contribution in [0.15, 0.2) is 53.5 Å². The van der Waals surface area contributed by atoms with E-state index in [0.29, 0.717) is 30.0 Å². The van der Waals surface area contributed by atoms with E-state index in [4.69, 9.17) is 20.9 Å². The van der Waals surface area contributed by atoms with Crippen LogP contribution in [0.4, 0.5) is 5.69 Å². The summed E-state index contributed by atoms with van der Waals surface area (Å²) in [6.45, 7) is 1.96. The second kappa shape index (κ2) is 8.73. The highest BCUT2D eigenvalue weighted by Gasteiger charge is 2.19. The van der Waals surface area contributed by atoms with Gasteiger partial charge in [-0.25, -0.2) is 4.99 Å². The van der Waals surface area contributed by atoms with Crippen LogP contribution in [-0.4, -0.2) is 19.0 Å². The molecule has 1 atom stereocenters. The lowest BCUT2D eigenvalue weighted by Crippen LogP contribution is -2.22. The quantitative estimate of drug-likeness (QED) is 0.349. The first-order valence-electron chi connectivity index (χ1n) is 8.06. The number of hydrogen-bond donors (Lipinski definition) is 2. The number of carbonyl (C=O) groups is 1. The lowest BCUT2D eigenvalue weighted by atomic mass is 9.97. The van der Waals surface area contributed by atoms with Crippen LogP contribution in [-0.2, 0) is 11.2 Å². The summed E-state index contributed by atoms with van der Waals surface area (Å²) in [7, 11) is 1.59. The molecule has 0 saturated carbocycles. The number of benzene rings is 2. The predicted molar refractivity (Wildman–Crippen MR) is 98.0 cm³/mol. The Balaban J connectivity index is 2.05. The Morgan fingerprint density at radius 3 is 2.40 bits per heavy atom. The van der Waals surface area contributed by atoms with Gasteiger partial charge in [0.25, 0.3) is 0 Å². The van der Waals surface area contributed by atoms with Gasteiger partial charge in [-0.2, -0.15) is 0 Å². The maximum Gasteiger partial charge on any atom is 0.314 e. The summed E-state index contributed by atoms with van der Waals surface area (Å²) in [6.07, 6.45) is 1.22. The molecular weight excluding hydrogens is 318 g/mol. The van der Waals surface area contributed by atoms with E-state index in [1.54, 1.807) is 37.4 Å². The van der Waals surface area contributed by atoms with Crippen LogP contribution in [0.25, 0.3) is 0 Å². The van der Waals surface area contributed by atoms with Gasteiger partial charge in [0, 0.05) is 0 Å². The van der Waals surface area contributed by atoms with Crippen molar-refractivity contribution in [3.8, 4) is 11.5 Å². The highest BCUT2D eigenvalue weighted by molar-refractivity contribution is 5.79. The van der Waals surface area contributed by atoms with E-state index in [-0.39, 0.29) is 17.8 Å². The van der Waals surface area contributed by atoms with Gasteiger partial charge in [0.2, 0.25) is 0 Å². The van der Waals surface area contributed by atoms with Gasteiger partial charge < -0.3 is 20.9 Å². The fraction of sp³-hybridized carbons (Fsp3) is 0.263. The number of aliphatic imine (C=N–C) groups is 1. The van der Waals surface area contributed by atoms with Crippen molar-refractivity contribution in [2.24, 2.45) is 22.4 Å². The van der Waals surface area contributed by atoms with Crippen molar-refractivity contribution in [3.05, 3.63) is 54.1 Å². The molecule has 6 heteroatoms. The predicted octanol–water partition coefficient (Wildman–Crippen LogP) is 2.77. The van der Waals surface area contributed by atoms with Crippen molar-refractivity contribution in [2.75, 3.05) is 7.11 Å². The summed E-state index contributed by atoms with van der Waals surface area (Å²) in [4.78, 5) is 16.5. The summed E-state index contributed by atoms with van der Waals surface area (Å²) < 4.78 is 10.6. The first-order chi connectivity index (χ1) is 12.0. The van der Waals surface area contributed by atoms with E-state index in [0.717, 1.165) is 5.56 Å². The molecule has 0 saturated heterocycles. The fourth-order valence-electron chi connectivity index (χ4n) is 2.42. The van der Waals surface area contributed by atoms with Crippen LogP contribution in [0, 0.1) is 5.92 Å². The Hall–Kier alpha value is -3.02. The molecule has 2 rings (SSSR count). The minimum Gasteiger partial charge on any atom is -0.497 e. The molecule has 0 heterocycles. The summed E-state index contributed by atoms with van der Waals surface area (Å²) in [5, 5.41) is 0. The smallest absolute Gasteiger partial charge is 0.314 e. The number of rotatable bonds is 7. The lowest BCUT2D eigenvalue weighted by molar-refractivity contribution is -0.139. The van der Waals surface area contributed by atoms with Gasteiger partial charge >= 0.3 is 5.97 Å². The number of ether oxygens (including phenoxy) is 2. The van der Waals surface area contributed by atoms with E-state index in [1.165, 1.54) is 0 Å². The molecule has 0 aliphatic heterocycles. The summed E-state index contributed by atoms with van der Waals surface area (Å²) >= 11 is 0. The van der Waals surface area contributed by atoms with Crippen molar-refractivity contribution in [2.45, 2.75) is 19.8 Å². The van der Waals surface area contributed by atoms with Crippen molar-refractivity contribution in [3.63, 3.8) is 0 Å². The van der Waals surface area contributed by atoms with E-state index in [1.807, 2.05) is 25.1 Å². The van der Waals surface area contributed by atoms with Crippen LogP contribution in [0.3, 0.4) is 0 Å². The van der Waals surface area contributed by atoms with E-state index >= 15 is 0 Å². The molecule has 0 spiro atoms. The van der Waals surface area contributed by atoms with Crippen LogP contribution in [0.5, 0.6) is 11.5 Å². The Morgan fingerprint density at radius 1 is 1.12 bits per heavy atom. The molecule has 0 aromatic heterocycles. The zero-order valence-electron chi connectivity index (χ0n) is 14.4. The van der Waals surface area contributed by atoms with Crippen LogP contribution in [0.2, 0.25) is 0 Å². The highest BCUT2D eigenvalue weighted by Crippen LogP contribution is 2.22. The maximum absolute atomic E-state index is 12.4. The highest BCUT2D eigenvalue weighted by atomic mass is 16.5. The number of esters is 1. The number of nitrogens with two attached hydrogens (primary N) is 2. The van der Waals surface area contributed by atoms with Crippen molar-refractivity contribution < 1.29 is 14.3 Å². The molecule has 4 N–H and O–H groups in total. The molecule has 0 aliphatic rings. The molecule has 0 fully saturated rings. The van der Waals surface area contributed by atoms with Crippen LogP contribution in [0.1, 0.15) is 18.9 Å². The minimum atomic E-state index is -0.264. The van der Waals surface area contributed by atoms with Gasteiger partial charge in [-0.3, -0.25) is 4.79 Å². The van der Waals surface area contributed by atoms with Crippen molar-refractivity contribution >= 4 is 17.6 Å². The third-order valence-corrected chi connectivity index (χ3v) is 3.75. The number of guanidine groups is 1. The zero-order valence-corrected chi connectivity index (χ0v) is 14.4. The van der Waals surface area contributed by atoms with Gasteiger partial charge in [-0.1, -0.05) is 19.1 Å². The van der Waals surface area contributed by atoms with Gasteiger partial charge in [0.15, 0.2) is 5.96 Å². The zero-order chi connectivity index (χ0) is 18.2. The van der Waals surface area contributed by atoms with E-state index in [2.05, 4.69) is 4.99 Å². The number of hydrogen-bond acceptors (Lipinski definition) is 4. The summed E-state index contributed by atoms with van der Waals surface area (Å²) in [6, 6.07) is 14.4. The van der Waals surface area contributed by atoms with Gasteiger partial charge in [-0.15, -0.1) is 0 Å². The molecule has 132 valence electrons. The second-order valence-electron chi connectivity index (χ2n) is 5.61. The number of carbonyl (C=O) groups excluding carboxylic acids is 1. The third-order valence-electron chi connectivity index (χ3n) is 3.75. The molecule has 0 bridgehead atoms. The molecule has 0 radical (unpaired) electrons. The molecule has 0 amide bonds. The second-order valence-corrected chi connectivity index (χ2v) is 5.61. The number of nitrogens with zero attached hydrogens (tertiary/aromatic N) is 1. The summed E-state index contributed by atoms with van der Waals surface area (Å²) in [5.41, 5.74) is 12.4. The Labute approximate surface area is 147 Å². The Bertz CT molecular complexity index is 738. The molecule has 0 aliphatic carbocycles. The average Bonchev–Trinajstić information content (AvgIpc) is 2.60. The molecule has 2 aromatic rings. The molecule has 25 heavy (non-hydrogen) atoms. The van der Waals surface area contributed by atoms with Crippen LogP contribution >= 0.6 is 0 Å². The summed E-state index contributed by atoms with van der Waals surface area (Å²) in [5.74, 6) is 0.696. The van der Waals surface area contributed by atoms with Crippen LogP contribution < -0.4 is 20.9 Å². The first kappa shape index (κ1) is 18.3. The van der Waals surface area contributed by atoms with E-state index in [9.17, 15) is 4.79 Å². The molecule has 6 nitrogen and oxygen atoms in total. The maximum atomic E-state index is 12.4. The normalized spacial score (nSPS) is 11.4. The number of methoxy groups -OCH3 is 1. The monoisotopic (exact) mass is 341 g/mol.